The number of carboxylic acids is 1. The van der Waals surface area contributed by atoms with Crippen LogP contribution < -0.4 is 5.32 Å². The molecule has 1 aromatic rings. The standard InChI is InChI=1S/C12H12ClNO5/c13-8-2-1-7(12(16)17)5-9(8)14-11(15)10-6-18-3-4-19-10/h1-2,5,10H,3-4,6H2,(H,14,15)(H,16,17). The highest BCUT2D eigenvalue weighted by molar-refractivity contribution is 6.33. The Morgan fingerprint density at radius 1 is 1.37 bits per heavy atom. The van der Waals surface area contributed by atoms with Gasteiger partial charge in [-0.05, 0) is 18.2 Å². The highest BCUT2D eigenvalue weighted by Gasteiger charge is 2.23. The molecule has 1 atom stereocenters. The summed E-state index contributed by atoms with van der Waals surface area (Å²) in [6.07, 6.45) is -0.710. The topological polar surface area (TPSA) is 84.9 Å². The van der Waals surface area contributed by atoms with Gasteiger partial charge < -0.3 is 19.9 Å². The van der Waals surface area contributed by atoms with E-state index in [1.54, 1.807) is 0 Å². The Morgan fingerprint density at radius 3 is 2.79 bits per heavy atom. The molecule has 1 saturated heterocycles. The average molecular weight is 286 g/mol. The largest absolute Gasteiger partial charge is 0.478 e. The number of carboxylic acid groups (broad SMARTS) is 1. The van der Waals surface area contributed by atoms with Crippen LogP contribution in [0, 0.1) is 0 Å². The fraction of sp³-hybridized carbons (Fsp3) is 0.333. The predicted octanol–water partition coefficient (Wildman–Crippen LogP) is 1.39. The van der Waals surface area contributed by atoms with Crippen molar-refractivity contribution in [2.75, 3.05) is 25.1 Å². The smallest absolute Gasteiger partial charge is 0.335 e. The summed E-state index contributed by atoms with van der Waals surface area (Å²) in [5, 5.41) is 11.7. The molecule has 6 nitrogen and oxygen atoms in total. The molecule has 1 unspecified atom stereocenters. The van der Waals surface area contributed by atoms with Crippen LogP contribution in [0.15, 0.2) is 18.2 Å². The van der Waals surface area contributed by atoms with E-state index in [0.29, 0.717) is 13.2 Å². The molecule has 0 radical (unpaired) electrons. The summed E-state index contributed by atoms with van der Waals surface area (Å²) in [5.41, 5.74) is 0.279. The number of ether oxygens (including phenoxy) is 2. The van der Waals surface area contributed by atoms with Gasteiger partial charge in [0.25, 0.3) is 5.91 Å². The summed E-state index contributed by atoms with van der Waals surface area (Å²) in [6, 6.07) is 4.08. The van der Waals surface area contributed by atoms with Crippen molar-refractivity contribution in [2.45, 2.75) is 6.10 Å². The second-order valence-electron chi connectivity index (χ2n) is 3.92. The molecule has 1 aliphatic rings. The number of carbonyl (C=O) groups is 2. The van der Waals surface area contributed by atoms with Crippen molar-refractivity contribution in [3.8, 4) is 0 Å². The minimum atomic E-state index is -1.09. The van der Waals surface area contributed by atoms with Crippen LogP contribution in [0.5, 0.6) is 0 Å². The van der Waals surface area contributed by atoms with Crippen LogP contribution in [0.2, 0.25) is 5.02 Å². The number of halogens is 1. The minimum absolute atomic E-state index is 0.0421. The Morgan fingerprint density at radius 2 is 2.16 bits per heavy atom. The minimum Gasteiger partial charge on any atom is -0.478 e. The Balaban J connectivity index is 2.11. The van der Waals surface area contributed by atoms with Crippen LogP contribution in [-0.2, 0) is 14.3 Å². The van der Waals surface area contributed by atoms with E-state index in [-0.39, 0.29) is 22.9 Å². The molecule has 7 heteroatoms. The summed E-state index contributed by atoms with van der Waals surface area (Å²) in [4.78, 5) is 22.7. The first-order valence-electron chi connectivity index (χ1n) is 5.61. The fourth-order valence-electron chi connectivity index (χ4n) is 1.61. The maximum absolute atomic E-state index is 11.9. The Labute approximate surface area is 114 Å². The molecular formula is C12H12ClNO5. The highest BCUT2D eigenvalue weighted by Crippen LogP contribution is 2.23. The zero-order chi connectivity index (χ0) is 13.8. The maximum atomic E-state index is 11.9. The molecule has 0 aliphatic carbocycles. The van der Waals surface area contributed by atoms with Crippen LogP contribution >= 0.6 is 11.6 Å². The van der Waals surface area contributed by atoms with Crippen molar-refractivity contribution in [1.29, 1.82) is 0 Å². The lowest BCUT2D eigenvalue weighted by atomic mass is 10.2. The van der Waals surface area contributed by atoms with Crippen LogP contribution in [0.1, 0.15) is 10.4 Å². The summed E-state index contributed by atoms with van der Waals surface area (Å²) in [5.74, 6) is -1.51. The van der Waals surface area contributed by atoms with Crippen LogP contribution in [0.4, 0.5) is 5.69 Å². The highest BCUT2D eigenvalue weighted by atomic mass is 35.5. The molecular weight excluding hydrogens is 274 g/mol. The van der Waals surface area contributed by atoms with Gasteiger partial charge in [0.05, 0.1) is 36.1 Å². The Hall–Kier alpha value is -1.63. The van der Waals surface area contributed by atoms with Crippen LogP contribution in [0.3, 0.4) is 0 Å². The molecule has 102 valence electrons. The third-order valence-electron chi connectivity index (χ3n) is 2.58. The molecule has 2 rings (SSSR count). The van der Waals surface area contributed by atoms with Gasteiger partial charge in [-0.25, -0.2) is 4.79 Å². The summed E-state index contributed by atoms with van der Waals surface area (Å²) in [7, 11) is 0. The zero-order valence-electron chi connectivity index (χ0n) is 9.89. The molecule has 19 heavy (non-hydrogen) atoms. The molecule has 1 fully saturated rings. The maximum Gasteiger partial charge on any atom is 0.335 e. The van der Waals surface area contributed by atoms with E-state index in [2.05, 4.69) is 5.32 Å². The van der Waals surface area contributed by atoms with Gasteiger partial charge in [0.1, 0.15) is 0 Å². The number of nitrogens with one attached hydrogen (secondary N) is 1. The van der Waals surface area contributed by atoms with Gasteiger partial charge in [-0.1, -0.05) is 11.6 Å². The Kier molecular flexibility index (Phi) is 4.36. The lowest BCUT2D eigenvalue weighted by Crippen LogP contribution is -2.39. The van der Waals surface area contributed by atoms with Gasteiger partial charge >= 0.3 is 5.97 Å². The third-order valence-corrected chi connectivity index (χ3v) is 2.91. The molecule has 0 spiro atoms. The second kappa shape index (κ2) is 6.01. The van der Waals surface area contributed by atoms with Gasteiger partial charge in [-0.3, -0.25) is 4.79 Å². The first kappa shape index (κ1) is 13.8. The monoisotopic (exact) mass is 285 g/mol. The van der Waals surface area contributed by atoms with Crippen molar-refractivity contribution in [2.24, 2.45) is 0 Å². The lowest BCUT2D eigenvalue weighted by molar-refractivity contribution is -0.142. The van der Waals surface area contributed by atoms with E-state index >= 15 is 0 Å². The number of rotatable bonds is 3. The first-order valence-corrected chi connectivity index (χ1v) is 5.99. The molecule has 1 aliphatic heterocycles. The van der Waals surface area contributed by atoms with E-state index < -0.39 is 18.0 Å². The van der Waals surface area contributed by atoms with Crippen LogP contribution in [0.25, 0.3) is 0 Å². The molecule has 1 amide bonds. The summed E-state index contributed by atoms with van der Waals surface area (Å²) < 4.78 is 10.4. The number of carbonyl (C=O) groups excluding carboxylic acids is 1. The molecule has 1 aromatic carbocycles. The second-order valence-corrected chi connectivity index (χ2v) is 4.33. The van der Waals surface area contributed by atoms with Crippen molar-refractivity contribution in [3.05, 3.63) is 28.8 Å². The van der Waals surface area contributed by atoms with Crippen molar-refractivity contribution in [3.63, 3.8) is 0 Å². The SMILES string of the molecule is O=C(O)c1ccc(Cl)c(NC(=O)C2COCCO2)c1. The van der Waals surface area contributed by atoms with Gasteiger partial charge in [-0.15, -0.1) is 0 Å². The molecule has 2 N–H and O–H groups in total. The normalized spacial score (nSPS) is 18.9. The number of amides is 1. The number of hydrogen-bond donors (Lipinski definition) is 2. The van der Waals surface area contributed by atoms with Gasteiger partial charge in [0.15, 0.2) is 6.10 Å². The number of benzene rings is 1. The zero-order valence-corrected chi connectivity index (χ0v) is 10.6. The third kappa shape index (κ3) is 3.44. The fourth-order valence-corrected chi connectivity index (χ4v) is 1.77. The van der Waals surface area contributed by atoms with Crippen molar-refractivity contribution < 1.29 is 24.2 Å². The van der Waals surface area contributed by atoms with E-state index in [1.807, 2.05) is 0 Å². The number of aromatic carboxylic acids is 1. The van der Waals surface area contributed by atoms with Gasteiger partial charge in [0.2, 0.25) is 0 Å². The van der Waals surface area contributed by atoms with Gasteiger partial charge in [-0.2, -0.15) is 0 Å². The van der Waals surface area contributed by atoms with E-state index in [9.17, 15) is 9.59 Å². The summed E-state index contributed by atoms with van der Waals surface area (Å²) in [6.45, 7) is 0.974. The van der Waals surface area contributed by atoms with Crippen molar-refractivity contribution >= 4 is 29.2 Å². The van der Waals surface area contributed by atoms with Crippen molar-refractivity contribution in [1.82, 2.24) is 0 Å². The van der Waals surface area contributed by atoms with E-state index in [0.717, 1.165) is 0 Å². The summed E-state index contributed by atoms with van der Waals surface area (Å²) >= 11 is 5.90. The molecule has 1 heterocycles. The number of anilines is 1. The predicted molar refractivity (Wildman–Crippen MR) is 67.6 cm³/mol. The molecule has 0 saturated carbocycles. The van der Waals surface area contributed by atoms with Gasteiger partial charge in [0, 0.05) is 0 Å². The Bertz CT molecular complexity index is 499. The van der Waals surface area contributed by atoms with E-state index in [4.69, 9.17) is 26.2 Å². The quantitative estimate of drug-likeness (QED) is 0.877. The molecule has 0 bridgehead atoms. The lowest BCUT2D eigenvalue weighted by Gasteiger charge is -2.22. The number of hydrogen-bond acceptors (Lipinski definition) is 4. The van der Waals surface area contributed by atoms with E-state index in [1.165, 1.54) is 18.2 Å². The van der Waals surface area contributed by atoms with Crippen LogP contribution in [-0.4, -0.2) is 42.9 Å². The molecule has 0 aromatic heterocycles. The average Bonchev–Trinajstić information content (AvgIpc) is 2.42. The first-order chi connectivity index (χ1) is 9.08.